The Labute approximate surface area is 186 Å². The van der Waals surface area contributed by atoms with Crippen molar-refractivity contribution in [3.63, 3.8) is 0 Å². The largest absolute Gasteiger partial charge is 0.348 e. The number of imidazole rings is 1. The maximum atomic E-state index is 13.2. The van der Waals surface area contributed by atoms with Gasteiger partial charge >= 0.3 is 0 Å². The first-order chi connectivity index (χ1) is 14.9. The predicted molar refractivity (Wildman–Crippen MR) is 118 cm³/mol. The maximum Gasteiger partial charge on any atom is 0.270 e. The van der Waals surface area contributed by atoms with E-state index < -0.39 is 0 Å². The molecular formula is C23H27ClN4O3. The number of hydrogen-bond acceptors (Lipinski definition) is 4. The average molecular weight is 443 g/mol. The summed E-state index contributed by atoms with van der Waals surface area (Å²) in [4.78, 5) is 46.8. The van der Waals surface area contributed by atoms with E-state index in [9.17, 15) is 14.4 Å². The summed E-state index contributed by atoms with van der Waals surface area (Å²) in [5.41, 5.74) is 0.908. The number of nitrogens with one attached hydrogen (secondary N) is 2. The highest BCUT2D eigenvalue weighted by Crippen LogP contribution is 2.46. The highest BCUT2D eigenvalue weighted by Gasteiger charge is 2.48. The van der Waals surface area contributed by atoms with Gasteiger partial charge in [0.15, 0.2) is 5.78 Å². The Morgan fingerprint density at radius 3 is 2.77 bits per heavy atom. The van der Waals surface area contributed by atoms with Crippen LogP contribution in [0.3, 0.4) is 0 Å². The van der Waals surface area contributed by atoms with Gasteiger partial charge in [0.2, 0.25) is 5.91 Å². The Morgan fingerprint density at radius 2 is 2.06 bits per heavy atom. The van der Waals surface area contributed by atoms with Crippen LogP contribution in [0.4, 0.5) is 5.69 Å². The Balaban J connectivity index is 1.37. The quantitative estimate of drug-likeness (QED) is 0.657. The van der Waals surface area contributed by atoms with Gasteiger partial charge in [-0.1, -0.05) is 24.6 Å². The van der Waals surface area contributed by atoms with Crippen molar-refractivity contribution in [1.29, 1.82) is 0 Å². The monoisotopic (exact) mass is 442 g/mol. The molecule has 31 heavy (non-hydrogen) atoms. The van der Waals surface area contributed by atoms with Crippen molar-refractivity contribution in [3.05, 3.63) is 47.0 Å². The zero-order valence-electron chi connectivity index (χ0n) is 17.6. The molecule has 0 atom stereocenters. The molecule has 0 radical (unpaired) electrons. The number of hydrogen-bond donors (Lipinski definition) is 2. The summed E-state index contributed by atoms with van der Waals surface area (Å²) in [6, 6.07) is 7.37. The highest BCUT2D eigenvalue weighted by atomic mass is 35.5. The number of carbonyl (C=O) groups is 3. The SMILES string of the molecule is CCCC(=O)c1nc[nH]c1C(=O)NC1CCC2(CC1)CCN(c1cccc(Cl)c1)C2=O. The summed E-state index contributed by atoms with van der Waals surface area (Å²) < 4.78 is 0. The standard InChI is InChI=1S/C23H27ClN4O3/c1-2-4-18(29)19-20(26-14-25-19)21(30)27-16-7-9-23(10-8-16)11-12-28(22(23)31)17-6-3-5-15(24)13-17/h3,5-6,13-14,16H,2,4,7-12H2,1H3,(H,25,26)(H,27,30). The number of H-pyrrole nitrogens is 1. The molecule has 8 heteroatoms. The fourth-order valence-electron chi connectivity index (χ4n) is 4.77. The zero-order chi connectivity index (χ0) is 22.0. The van der Waals surface area contributed by atoms with E-state index in [2.05, 4.69) is 15.3 Å². The molecule has 1 aliphatic heterocycles. The molecule has 0 bridgehead atoms. The summed E-state index contributed by atoms with van der Waals surface area (Å²) >= 11 is 6.10. The maximum absolute atomic E-state index is 13.2. The van der Waals surface area contributed by atoms with Crippen LogP contribution in [0.5, 0.6) is 0 Å². The number of ketones is 1. The number of aromatic nitrogens is 2. The van der Waals surface area contributed by atoms with Gasteiger partial charge in [0.1, 0.15) is 11.4 Å². The van der Waals surface area contributed by atoms with Gasteiger partial charge in [-0.2, -0.15) is 0 Å². The van der Waals surface area contributed by atoms with E-state index in [1.807, 2.05) is 30.0 Å². The van der Waals surface area contributed by atoms with Crippen molar-refractivity contribution in [2.45, 2.75) is 57.9 Å². The lowest BCUT2D eigenvalue weighted by Crippen LogP contribution is -2.44. The summed E-state index contributed by atoms with van der Waals surface area (Å²) in [5, 5.41) is 3.64. The Morgan fingerprint density at radius 1 is 1.29 bits per heavy atom. The van der Waals surface area contributed by atoms with Crippen molar-refractivity contribution < 1.29 is 14.4 Å². The predicted octanol–water partition coefficient (Wildman–Crippen LogP) is 4.14. The van der Waals surface area contributed by atoms with Crippen LogP contribution < -0.4 is 10.2 Å². The Hall–Kier alpha value is -2.67. The molecule has 2 amide bonds. The smallest absolute Gasteiger partial charge is 0.270 e. The second-order valence-electron chi connectivity index (χ2n) is 8.51. The molecule has 1 spiro atoms. The van der Waals surface area contributed by atoms with Crippen molar-refractivity contribution in [3.8, 4) is 0 Å². The first-order valence-electron chi connectivity index (χ1n) is 10.9. The minimum Gasteiger partial charge on any atom is -0.348 e. The van der Waals surface area contributed by atoms with E-state index in [0.29, 0.717) is 24.4 Å². The van der Waals surface area contributed by atoms with Crippen LogP contribution in [0.1, 0.15) is 72.8 Å². The highest BCUT2D eigenvalue weighted by molar-refractivity contribution is 6.31. The van der Waals surface area contributed by atoms with Crippen LogP contribution in [0.25, 0.3) is 0 Å². The third kappa shape index (κ3) is 4.24. The number of nitrogens with zero attached hydrogens (tertiary/aromatic N) is 2. The molecule has 2 aliphatic rings. The number of halogens is 1. The summed E-state index contributed by atoms with van der Waals surface area (Å²) in [6.45, 7) is 2.60. The summed E-state index contributed by atoms with van der Waals surface area (Å²) in [7, 11) is 0. The van der Waals surface area contributed by atoms with Crippen molar-refractivity contribution in [2.24, 2.45) is 5.41 Å². The first-order valence-corrected chi connectivity index (χ1v) is 11.3. The summed E-state index contributed by atoms with van der Waals surface area (Å²) in [6.07, 6.45) is 6.20. The van der Waals surface area contributed by atoms with Crippen molar-refractivity contribution in [1.82, 2.24) is 15.3 Å². The van der Waals surface area contributed by atoms with Crippen LogP contribution in [0.2, 0.25) is 5.02 Å². The fraction of sp³-hybridized carbons (Fsp3) is 0.478. The molecule has 4 rings (SSSR count). The van der Waals surface area contributed by atoms with Crippen LogP contribution >= 0.6 is 11.6 Å². The molecule has 2 N–H and O–H groups in total. The van der Waals surface area contributed by atoms with Gasteiger partial charge in [0, 0.05) is 29.7 Å². The van der Waals surface area contributed by atoms with Crippen LogP contribution in [-0.4, -0.2) is 40.2 Å². The van der Waals surface area contributed by atoms with E-state index in [0.717, 1.165) is 37.8 Å². The van der Waals surface area contributed by atoms with Gasteiger partial charge in [-0.25, -0.2) is 4.98 Å². The van der Waals surface area contributed by atoms with Gasteiger partial charge in [0.05, 0.1) is 11.7 Å². The Kier molecular flexibility index (Phi) is 6.14. The van der Waals surface area contributed by atoms with E-state index >= 15 is 0 Å². The van der Waals surface area contributed by atoms with Crippen molar-refractivity contribution >= 4 is 34.9 Å². The van der Waals surface area contributed by atoms with Gasteiger partial charge in [-0.05, 0) is 56.7 Å². The topological polar surface area (TPSA) is 95.2 Å². The molecule has 2 fully saturated rings. The number of amides is 2. The van der Waals surface area contributed by atoms with Crippen LogP contribution in [0, 0.1) is 5.41 Å². The number of benzene rings is 1. The third-order valence-electron chi connectivity index (χ3n) is 6.52. The number of rotatable bonds is 6. The minimum atomic E-state index is -0.361. The number of Topliss-reactive ketones (excluding diaryl/α,β-unsaturated/α-hetero) is 1. The van der Waals surface area contributed by atoms with Gasteiger partial charge in [0.25, 0.3) is 5.91 Å². The second-order valence-corrected chi connectivity index (χ2v) is 8.95. The molecule has 7 nitrogen and oxygen atoms in total. The molecule has 164 valence electrons. The number of aromatic amines is 1. The molecule has 2 heterocycles. The minimum absolute atomic E-state index is 0.0245. The van der Waals surface area contributed by atoms with E-state index in [1.54, 1.807) is 6.07 Å². The van der Waals surface area contributed by atoms with E-state index in [-0.39, 0.29) is 40.4 Å². The van der Waals surface area contributed by atoms with Gasteiger partial charge < -0.3 is 15.2 Å². The molecular weight excluding hydrogens is 416 g/mol. The summed E-state index contributed by atoms with van der Waals surface area (Å²) in [5.74, 6) is -0.286. The van der Waals surface area contributed by atoms with Crippen molar-refractivity contribution in [2.75, 3.05) is 11.4 Å². The zero-order valence-corrected chi connectivity index (χ0v) is 18.4. The number of carbonyl (C=O) groups excluding carboxylic acids is 3. The first kappa shape index (κ1) is 21.6. The average Bonchev–Trinajstić information content (AvgIpc) is 3.36. The normalized spacial score (nSPS) is 23.4. The lowest BCUT2D eigenvalue weighted by atomic mass is 9.71. The third-order valence-corrected chi connectivity index (χ3v) is 6.75. The second kappa shape index (κ2) is 8.83. The van der Waals surface area contributed by atoms with E-state index in [4.69, 9.17) is 11.6 Å². The molecule has 1 aromatic heterocycles. The lowest BCUT2D eigenvalue weighted by molar-refractivity contribution is -0.127. The van der Waals surface area contributed by atoms with Crippen LogP contribution in [0.15, 0.2) is 30.6 Å². The molecule has 1 saturated carbocycles. The van der Waals surface area contributed by atoms with Crippen LogP contribution in [-0.2, 0) is 4.79 Å². The fourth-order valence-corrected chi connectivity index (χ4v) is 4.96. The Bertz CT molecular complexity index is 994. The van der Waals surface area contributed by atoms with Gasteiger partial charge in [-0.3, -0.25) is 14.4 Å². The molecule has 2 aromatic rings. The number of anilines is 1. The molecule has 1 aromatic carbocycles. The molecule has 1 aliphatic carbocycles. The lowest BCUT2D eigenvalue weighted by Gasteiger charge is -2.36. The molecule has 1 saturated heterocycles. The van der Waals surface area contributed by atoms with E-state index in [1.165, 1.54) is 6.33 Å². The van der Waals surface area contributed by atoms with Gasteiger partial charge in [-0.15, -0.1) is 0 Å². The molecule has 0 unspecified atom stereocenters.